The number of aryl methyl sites for hydroxylation is 1. The summed E-state index contributed by atoms with van der Waals surface area (Å²) in [6, 6.07) is 13.2. The molecule has 1 unspecified atom stereocenters. The standard InChI is InChI=1S/C23H28ClN3OS/c1-4-6-13-27-21-12-11-19(29-14-5-2)15-20(21)26-22(27)16(3)25-23(28)17-7-9-18(24)10-8-17/h7-12,15-16H,4-6,13-14H2,1-3H3,(H,25,28). The molecular weight excluding hydrogens is 402 g/mol. The van der Waals surface area contributed by atoms with E-state index in [1.165, 1.54) is 4.90 Å². The van der Waals surface area contributed by atoms with Gasteiger partial charge < -0.3 is 9.88 Å². The lowest BCUT2D eigenvalue weighted by atomic mass is 10.2. The minimum Gasteiger partial charge on any atom is -0.342 e. The molecule has 0 aliphatic rings. The normalized spacial score (nSPS) is 12.3. The molecule has 0 bridgehead atoms. The number of fused-ring (bicyclic) bond motifs is 1. The largest absolute Gasteiger partial charge is 0.342 e. The molecule has 4 nitrogen and oxygen atoms in total. The molecule has 0 fully saturated rings. The summed E-state index contributed by atoms with van der Waals surface area (Å²) < 4.78 is 2.25. The van der Waals surface area contributed by atoms with E-state index in [4.69, 9.17) is 16.6 Å². The van der Waals surface area contributed by atoms with Gasteiger partial charge in [0, 0.05) is 22.0 Å². The number of rotatable bonds is 9. The number of hydrogen-bond donors (Lipinski definition) is 1. The smallest absolute Gasteiger partial charge is 0.251 e. The molecule has 0 saturated carbocycles. The number of carbonyl (C=O) groups excluding carboxylic acids is 1. The summed E-state index contributed by atoms with van der Waals surface area (Å²) in [6.07, 6.45) is 3.32. The van der Waals surface area contributed by atoms with Crippen LogP contribution in [0.1, 0.15) is 62.3 Å². The molecule has 0 spiro atoms. The molecule has 1 heterocycles. The molecule has 29 heavy (non-hydrogen) atoms. The van der Waals surface area contributed by atoms with Gasteiger partial charge in [0.25, 0.3) is 5.91 Å². The number of aromatic nitrogens is 2. The minimum absolute atomic E-state index is 0.123. The third-order valence-corrected chi connectivity index (χ3v) is 6.25. The molecule has 3 rings (SSSR count). The highest BCUT2D eigenvalue weighted by Crippen LogP contribution is 2.27. The van der Waals surface area contributed by atoms with Crippen LogP contribution in [0.25, 0.3) is 11.0 Å². The molecule has 1 N–H and O–H groups in total. The Hall–Kier alpha value is -1.98. The Labute approximate surface area is 182 Å². The monoisotopic (exact) mass is 429 g/mol. The summed E-state index contributed by atoms with van der Waals surface area (Å²) >= 11 is 7.79. The summed E-state index contributed by atoms with van der Waals surface area (Å²) in [5, 5.41) is 3.71. The lowest BCUT2D eigenvalue weighted by molar-refractivity contribution is 0.0937. The second kappa shape index (κ2) is 10.2. The topological polar surface area (TPSA) is 46.9 Å². The SMILES string of the molecule is CCCCn1c(C(C)NC(=O)c2ccc(Cl)cc2)nc2cc(SCCC)ccc21. The van der Waals surface area contributed by atoms with E-state index >= 15 is 0 Å². The van der Waals surface area contributed by atoms with Crippen LogP contribution in [0.4, 0.5) is 0 Å². The van der Waals surface area contributed by atoms with Crippen molar-refractivity contribution in [1.82, 2.24) is 14.9 Å². The Morgan fingerprint density at radius 2 is 1.93 bits per heavy atom. The van der Waals surface area contributed by atoms with Gasteiger partial charge in [0.1, 0.15) is 5.82 Å². The predicted molar refractivity (Wildman–Crippen MR) is 123 cm³/mol. The van der Waals surface area contributed by atoms with E-state index < -0.39 is 0 Å². The average molecular weight is 430 g/mol. The summed E-state index contributed by atoms with van der Waals surface area (Å²) in [6.45, 7) is 7.26. The highest BCUT2D eigenvalue weighted by atomic mass is 35.5. The third-order valence-electron chi connectivity index (χ3n) is 4.80. The molecule has 0 aliphatic heterocycles. The number of nitrogens with one attached hydrogen (secondary N) is 1. The van der Waals surface area contributed by atoms with Crippen molar-refractivity contribution in [2.75, 3.05) is 5.75 Å². The zero-order valence-electron chi connectivity index (χ0n) is 17.2. The van der Waals surface area contributed by atoms with Gasteiger partial charge in [0.15, 0.2) is 0 Å². The maximum atomic E-state index is 12.7. The molecule has 0 aliphatic carbocycles. The zero-order chi connectivity index (χ0) is 20.8. The quantitative estimate of drug-likeness (QED) is 0.396. The maximum absolute atomic E-state index is 12.7. The fourth-order valence-electron chi connectivity index (χ4n) is 3.27. The minimum atomic E-state index is -0.200. The Morgan fingerprint density at radius 1 is 1.17 bits per heavy atom. The molecule has 1 aromatic heterocycles. The Morgan fingerprint density at radius 3 is 2.62 bits per heavy atom. The number of amides is 1. The van der Waals surface area contributed by atoms with Gasteiger partial charge in [-0.3, -0.25) is 4.79 Å². The van der Waals surface area contributed by atoms with E-state index in [2.05, 4.69) is 41.9 Å². The summed E-state index contributed by atoms with van der Waals surface area (Å²) in [7, 11) is 0. The van der Waals surface area contributed by atoms with Crippen molar-refractivity contribution in [2.24, 2.45) is 0 Å². The molecule has 0 radical (unpaired) electrons. The molecular formula is C23H28ClN3OS. The fourth-order valence-corrected chi connectivity index (χ4v) is 4.19. The number of hydrogen-bond acceptors (Lipinski definition) is 3. The highest BCUT2D eigenvalue weighted by molar-refractivity contribution is 7.99. The van der Waals surface area contributed by atoms with Crippen LogP contribution in [-0.4, -0.2) is 21.2 Å². The number of carbonyl (C=O) groups is 1. The van der Waals surface area contributed by atoms with Crippen molar-refractivity contribution in [2.45, 2.75) is 57.5 Å². The van der Waals surface area contributed by atoms with Crippen LogP contribution in [0, 0.1) is 0 Å². The number of benzene rings is 2. The van der Waals surface area contributed by atoms with E-state index in [1.807, 2.05) is 18.7 Å². The lowest BCUT2D eigenvalue weighted by Gasteiger charge is -2.16. The molecule has 6 heteroatoms. The molecule has 3 aromatic rings. The third kappa shape index (κ3) is 5.34. The van der Waals surface area contributed by atoms with Crippen LogP contribution in [-0.2, 0) is 6.54 Å². The van der Waals surface area contributed by atoms with Crippen molar-refractivity contribution in [3.63, 3.8) is 0 Å². The van der Waals surface area contributed by atoms with Gasteiger partial charge >= 0.3 is 0 Å². The van der Waals surface area contributed by atoms with Crippen LogP contribution in [0.2, 0.25) is 5.02 Å². The van der Waals surface area contributed by atoms with Gasteiger partial charge in [0.2, 0.25) is 0 Å². The Bertz CT molecular complexity index is 968. The average Bonchev–Trinajstić information content (AvgIpc) is 3.09. The number of unbranched alkanes of at least 4 members (excludes halogenated alkanes) is 1. The summed E-state index contributed by atoms with van der Waals surface area (Å²) in [5.41, 5.74) is 2.71. The number of nitrogens with zero attached hydrogens (tertiary/aromatic N) is 2. The van der Waals surface area contributed by atoms with Gasteiger partial charge in [-0.1, -0.05) is 31.9 Å². The van der Waals surface area contributed by atoms with Crippen molar-refractivity contribution in [1.29, 1.82) is 0 Å². The predicted octanol–water partition coefficient (Wildman–Crippen LogP) is 6.48. The van der Waals surface area contributed by atoms with Crippen LogP contribution >= 0.6 is 23.4 Å². The molecule has 154 valence electrons. The first kappa shape index (κ1) is 21.7. The van der Waals surface area contributed by atoms with Crippen LogP contribution in [0.5, 0.6) is 0 Å². The lowest BCUT2D eigenvalue weighted by Crippen LogP contribution is -2.28. The molecule has 1 amide bonds. The van der Waals surface area contributed by atoms with Crippen molar-refractivity contribution in [3.8, 4) is 0 Å². The number of imidazole rings is 1. The molecule has 0 saturated heterocycles. The fraction of sp³-hybridized carbons (Fsp3) is 0.391. The van der Waals surface area contributed by atoms with Gasteiger partial charge in [-0.2, -0.15) is 0 Å². The van der Waals surface area contributed by atoms with Gasteiger partial charge in [-0.05, 0) is 68.0 Å². The van der Waals surface area contributed by atoms with Crippen LogP contribution < -0.4 is 5.32 Å². The number of thioether (sulfide) groups is 1. The summed E-state index contributed by atoms with van der Waals surface area (Å²) in [4.78, 5) is 18.8. The van der Waals surface area contributed by atoms with Crippen molar-refractivity contribution in [3.05, 3.63) is 58.9 Å². The summed E-state index contributed by atoms with van der Waals surface area (Å²) in [5.74, 6) is 1.87. The zero-order valence-corrected chi connectivity index (χ0v) is 18.8. The van der Waals surface area contributed by atoms with Crippen LogP contribution in [0.15, 0.2) is 47.4 Å². The first-order chi connectivity index (χ1) is 14.0. The second-order valence-corrected chi connectivity index (χ2v) is 8.78. The number of halogens is 1. The molecule has 1 atom stereocenters. The van der Waals surface area contributed by atoms with Gasteiger partial charge in [-0.25, -0.2) is 4.98 Å². The van der Waals surface area contributed by atoms with E-state index in [0.717, 1.165) is 48.4 Å². The van der Waals surface area contributed by atoms with Crippen molar-refractivity contribution < 1.29 is 4.79 Å². The van der Waals surface area contributed by atoms with E-state index in [0.29, 0.717) is 10.6 Å². The van der Waals surface area contributed by atoms with Gasteiger partial charge in [0.05, 0.1) is 17.1 Å². The van der Waals surface area contributed by atoms with Crippen LogP contribution in [0.3, 0.4) is 0 Å². The van der Waals surface area contributed by atoms with E-state index in [9.17, 15) is 4.79 Å². The first-order valence-electron chi connectivity index (χ1n) is 10.2. The Kier molecular flexibility index (Phi) is 7.62. The molecule has 2 aromatic carbocycles. The van der Waals surface area contributed by atoms with Gasteiger partial charge in [-0.15, -0.1) is 11.8 Å². The van der Waals surface area contributed by atoms with E-state index in [-0.39, 0.29) is 11.9 Å². The Balaban J connectivity index is 1.88. The van der Waals surface area contributed by atoms with E-state index in [1.54, 1.807) is 24.3 Å². The van der Waals surface area contributed by atoms with Crippen molar-refractivity contribution >= 4 is 40.3 Å². The maximum Gasteiger partial charge on any atom is 0.251 e. The first-order valence-corrected chi connectivity index (χ1v) is 11.6. The second-order valence-electron chi connectivity index (χ2n) is 7.18. The highest BCUT2D eigenvalue weighted by Gasteiger charge is 2.19.